The summed E-state index contributed by atoms with van der Waals surface area (Å²) < 4.78 is 0. The maximum atomic E-state index is 10.8. The van der Waals surface area contributed by atoms with E-state index < -0.39 is 0 Å². The number of aromatic nitrogens is 2. The lowest BCUT2D eigenvalue weighted by Crippen LogP contribution is -2.46. The normalized spacial score (nSPS) is 14.6. The minimum absolute atomic E-state index is 0.718. The molecule has 0 unspecified atom stereocenters. The van der Waals surface area contributed by atoms with E-state index in [9.17, 15) is 4.79 Å². The van der Waals surface area contributed by atoms with Crippen molar-refractivity contribution >= 4 is 18.2 Å². The van der Waals surface area contributed by atoms with Gasteiger partial charge in [0.1, 0.15) is 5.82 Å². The fourth-order valence-electron chi connectivity index (χ4n) is 2.84. The first-order chi connectivity index (χ1) is 11.7. The van der Waals surface area contributed by atoms with Crippen LogP contribution in [-0.2, 0) is 11.3 Å². The van der Waals surface area contributed by atoms with Crippen LogP contribution >= 0.6 is 0 Å². The molecule has 0 N–H and O–H groups in total. The number of nitrogens with zero attached hydrogens (tertiary/aromatic N) is 5. The number of carbonyl (C=O) groups is 1. The van der Waals surface area contributed by atoms with Gasteiger partial charge in [0.2, 0.25) is 12.4 Å². The fourth-order valence-corrected chi connectivity index (χ4v) is 2.84. The highest BCUT2D eigenvalue weighted by atomic mass is 16.1. The molecule has 1 saturated heterocycles. The number of rotatable bonds is 5. The Balaban J connectivity index is 1.75. The maximum absolute atomic E-state index is 10.8. The molecular formula is C18H23N5O. The van der Waals surface area contributed by atoms with Crippen LogP contribution in [0, 0.1) is 6.92 Å². The molecule has 1 aliphatic heterocycles. The lowest BCUT2D eigenvalue weighted by atomic mass is 10.2. The van der Waals surface area contributed by atoms with E-state index >= 15 is 0 Å². The zero-order valence-corrected chi connectivity index (χ0v) is 14.2. The van der Waals surface area contributed by atoms with Gasteiger partial charge in [0.25, 0.3) is 0 Å². The molecule has 1 aliphatic rings. The Bertz CT molecular complexity index is 683. The molecular weight excluding hydrogens is 302 g/mol. The van der Waals surface area contributed by atoms with Crippen molar-refractivity contribution in [2.24, 2.45) is 0 Å². The lowest BCUT2D eigenvalue weighted by molar-refractivity contribution is -0.118. The summed E-state index contributed by atoms with van der Waals surface area (Å²) >= 11 is 0. The van der Waals surface area contributed by atoms with Crippen LogP contribution in [0.4, 0.5) is 11.8 Å². The Kier molecular flexibility index (Phi) is 4.93. The zero-order valence-electron chi connectivity index (χ0n) is 14.2. The van der Waals surface area contributed by atoms with Crippen LogP contribution in [-0.4, -0.2) is 54.5 Å². The average Bonchev–Trinajstić information content (AvgIpc) is 2.62. The van der Waals surface area contributed by atoms with Crippen molar-refractivity contribution in [1.82, 2.24) is 14.9 Å². The summed E-state index contributed by atoms with van der Waals surface area (Å²) in [5, 5.41) is 0. The molecule has 1 amide bonds. The smallest absolute Gasteiger partial charge is 0.227 e. The first-order valence-electron chi connectivity index (χ1n) is 8.21. The third-order valence-corrected chi connectivity index (χ3v) is 4.23. The van der Waals surface area contributed by atoms with Gasteiger partial charge in [0.05, 0.1) is 0 Å². The van der Waals surface area contributed by atoms with Gasteiger partial charge in [0.15, 0.2) is 0 Å². The van der Waals surface area contributed by atoms with E-state index in [1.165, 1.54) is 5.56 Å². The molecule has 126 valence electrons. The number of hydrogen-bond acceptors (Lipinski definition) is 5. The van der Waals surface area contributed by atoms with Crippen molar-refractivity contribution in [3.05, 3.63) is 47.7 Å². The van der Waals surface area contributed by atoms with Crippen LogP contribution in [0.3, 0.4) is 0 Å². The van der Waals surface area contributed by atoms with Gasteiger partial charge in [-0.3, -0.25) is 4.79 Å². The number of hydrogen-bond donors (Lipinski definition) is 0. The molecule has 3 rings (SSSR count). The van der Waals surface area contributed by atoms with Crippen LogP contribution in [0.25, 0.3) is 0 Å². The fraction of sp³-hybridized carbons (Fsp3) is 0.389. The number of carbonyl (C=O) groups excluding carboxylic acids is 1. The second-order valence-electron chi connectivity index (χ2n) is 6.14. The first-order valence-corrected chi connectivity index (χ1v) is 8.21. The summed E-state index contributed by atoms with van der Waals surface area (Å²) in [4.78, 5) is 26.2. The van der Waals surface area contributed by atoms with Crippen molar-refractivity contribution in [2.45, 2.75) is 13.5 Å². The van der Waals surface area contributed by atoms with Crippen molar-refractivity contribution < 1.29 is 4.79 Å². The van der Waals surface area contributed by atoms with Gasteiger partial charge in [0, 0.05) is 51.5 Å². The predicted molar refractivity (Wildman–Crippen MR) is 95.2 cm³/mol. The van der Waals surface area contributed by atoms with Gasteiger partial charge < -0.3 is 14.7 Å². The largest absolute Gasteiger partial charge is 0.355 e. The highest BCUT2D eigenvalue weighted by Gasteiger charge is 2.19. The van der Waals surface area contributed by atoms with Crippen LogP contribution in [0.1, 0.15) is 11.3 Å². The third-order valence-electron chi connectivity index (χ3n) is 4.23. The minimum atomic E-state index is 0.718. The molecule has 0 bridgehead atoms. The van der Waals surface area contributed by atoms with E-state index in [1.807, 2.05) is 38.2 Å². The molecule has 2 heterocycles. The van der Waals surface area contributed by atoms with E-state index in [1.54, 1.807) is 4.90 Å². The van der Waals surface area contributed by atoms with Gasteiger partial charge in [-0.25, -0.2) is 4.98 Å². The number of benzene rings is 1. The highest BCUT2D eigenvalue weighted by molar-refractivity contribution is 5.49. The van der Waals surface area contributed by atoms with Crippen molar-refractivity contribution in [1.29, 1.82) is 0 Å². The Morgan fingerprint density at radius 3 is 2.50 bits per heavy atom. The van der Waals surface area contributed by atoms with Crippen LogP contribution in [0.15, 0.2) is 36.4 Å². The lowest BCUT2D eigenvalue weighted by Gasteiger charge is -2.33. The molecule has 24 heavy (non-hydrogen) atoms. The van der Waals surface area contributed by atoms with E-state index in [0.29, 0.717) is 0 Å². The van der Waals surface area contributed by atoms with Gasteiger partial charge >= 0.3 is 0 Å². The Morgan fingerprint density at radius 1 is 1.12 bits per heavy atom. The number of amides is 1. The van der Waals surface area contributed by atoms with Crippen molar-refractivity contribution in [3.63, 3.8) is 0 Å². The third kappa shape index (κ3) is 3.82. The van der Waals surface area contributed by atoms with E-state index in [4.69, 9.17) is 4.98 Å². The molecule has 1 aromatic carbocycles. The van der Waals surface area contributed by atoms with Gasteiger partial charge in [-0.15, -0.1) is 0 Å². The molecule has 0 aliphatic carbocycles. The highest BCUT2D eigenvalue weighted by Crippen LogP contribution is 2.19. The molecule has 1 aromatic heterocycles. The second kappa shape index (κ2) is 7.29. The average molecular weight is 325 g/mol. The zero-order chi connectivity index (χ0) is 16.9. The molecule has 0 radical (unpaired) electrons. The van der Waals surface area contributed by atoms with Crippen molar-refractivity contribution in [3.8, 4) is 0 Å². The summed E-state index contributed by atoms with van der Waals surface area (Å²) in [5.41, 5.74) is 2.20. The second-order valence-corrected chi connectivity index (χ2v) is 6.14. The Labute approximate surface area is 142 Å². The SMILES string of the molecule is Cc1cc(N(C)Cc2ccccc2)nc(N2CCN(C=O)CC2)n1. The van der Waals surface area contributed by atoms with Gasteiger partial charge in [-0.05, 0) is 12.5 Å². The van der Waals surface area contributed by atoms with Crippen LogP contribution in [0.2, 0.25) is 0 Å². The van der Waals surface area contributed by atoms with Crippen molar-refractivity contribution in [2.75, 3.05) is 43.0 Å². The predicted octanol–water partition coefficient (Wildman–Crippen LogP) is 1.70. The minimum Gasteiger partial charge on any atom is -0.355 e. The molecule has 0 spiro atoms. The summed E-state index contributed by atoms with van der Waals surface area (Å²) in [5.74, 6) is 1.66. The number of piperazine rings is 1. The van der Waals surface area contributed by atoms with Crippen LogP contribution < -0.4 is 9.80 Å². The molecule has 6 heteroatoms. The Hall–Kier alpha value is -2.63. The maximum Gasteiger partial charge on any atom is 0.227 e. The molecule has 2 aromatic rings. The van der Waals surface area contributed by atoms with E-state index in [2.05, 4.69) is 26.9 Å². The summed E-state index contributed by atoms with van der Waals surface area (Å²) in [6, 6.07) is 12.4. The summed E-state index contributed by atoms with van der Waals surface area (Å²) in [6.45, 7) is 5.77. The topological polar surface area (TPSA) is 52.6 Å². The van der Waals surface area contributed by atoms with Gasteiger partial charge in [-0.2, -0.15) is 4.98 Å². The monoisotopic (exact) mass is 325 g/mol. The Morgan fingerprint density at radius 2 is 1.83 bits per heavy atom. The molecule has 0 atom stereocenters. The molecule has 6 nitrogen and oxygen atoms in total. The number of anilines is 2. The summed E-state index contributed by atoms with van der Waals surface area (Å²) in [6.07, 6.45) is 0.910. The van der Waals surface area contributed by atoms with E-state index in [0.717, 1.165) is 56.6 Å². The molecule has 0 saturated carbocycles. The van der Waals surface area contributed by atoms with Gasteiger partial charge in [-0.1, -0.05) is 30.3 Å². The summed E-state index contributed by atoms with van der Waals surface area (Å²) in [7, 11) is 2.04. The standard InChI is InChI=1S/C18H23N5O/c1-15-12-17(21(2)13-16-6-4-3-5-7-16)20-18(19-15)23-10-8-22(14-24)9-11-23/h3-7,12,14H,8-11,13H2,1-2H3. The quantitative estimate of drug-likeness (QED) is 0.783. The van der Waals surface area contributed by atoms with Crippen LogP contribution in [0.5, 0.6) is 0 Å². The number of aryl methyl sites for hydroxylation is 1. The molecule has 1 fully saturated rings. The van der Waals surface area contributed by atoms with E-state index in [-0.39, 0.29) is 0 Å². The first kappa shape index (κ1) is 16.2.